The van der Waals surface area contributed by atoms with Crippen LogP contribution < -0.4 is 9.62 Å². The fourth-order valence-corrected chi connectivity index (χ4v) is 6.35. The van der Waals surface area contributed by atoms with Crippen LogP contribution in [0.2, 0.25) is 0 Å². The Morgan fingerprint density at radius 3 is 2.29 bits per heavy atom. The van der Waals surface area contributed by atoms with Crippen molar-refractivity contribution in [3.63, 3.8) is 0 Å². The zero-order valence-electron chi connectivity index (χ0n) is 19.8. The average Bonchev–Trinajstić information content (AvgIpc) is 3.23. The van der Waals surface area contributed by atoms with Crippen molar-refractivity contribution < 1.29 is 13.2 Å². The molecule has 4 rings (SSSR count). The smallest absolute Gasteiger partial charge is 0.265 e. The van der Waals surface area contributed by atoms with E-state index in [4.69, 9.17) is 0 Å². The average molecular weight is 493 g/mol. The number of sulfonamides is 1. The van der Waals surface area contributed by atoms with E-state index in [0.29, 0.717) is 23.5 Å². The van der Waals surface area contributed by atoms with Crippen LogP contribution in [0, 0.1) is 20.8 Å². The highest BCUT2D eigenvalue weighted by Gasteiger charge is 2.25. The Labute approximate surface area is 205 Å². The van der Waals surface area contributed by atoms with Gasteiger partial charge in [0.05, 0.1) is 15.5 Å². The maximum atomic E-state index is 13.4. The predicted molar refractivity (Wildman–Crippen MR) is 142 cm³/mol. The van der Waals surface area contributed by atoms with Gasteiger partial charge in [0.15, 0.2) is 0 Å². The van der Waals surface area contributed by atoms with Crippen molar-refractivity contribution in [2.45, 2.75) is 39.0 Å². The number of rotatable bonds is 7. The standard InChI is InChI=1S/C27H28N2O3S2/c1-5-14-29(34(31,32)23-10-6-18(2)7-11-23)22-9-13-25-21(16-22)17-26(33-25)27(30)28-24-12-8-19(3)15-20(24)4/h6-13,15-17H,5,14H2,1-4H3,(H,28,30). The molecule has 0 saturated carbocycles. The number of hydrogen-bond donors (Lipinski definition) is 1. The molecule has 34 heavy (non-hydrogen) atoms. The summed E-state index contributed by atoms with van der Waals surface area (Å²) in [7, 11) is -3.70. The molecule has 3 aromatic carbocycles. The van der Waals surface area contributed by atoms with Crippen molar-refractivity contribution in [3.05, 3.63) is 88.3 Å². The van der Waals surface area contributed by atoms with E-state index in [0.717, 1.165) is 32.5 Å². The van der Waals surface area contributed by atoms with E-state index in [1.165, 1.54) is 15.6 Å². The second kappa shape index (κ2) is 9.60. The van der Waals surface area contributed by atoms with Crippen LogP contribution >= 0.6 is 11.3 Å². The van der Waals surface area contributed by atoms with Gasteiger partial charge in [-0.3, -0.25) is 9.10 Å². The number of aryl methyl sites for hydroxylation is 3. The zero-order chi connectivity index (χ0) is 24.5. The lowest BCUT2D eigenvalue weighted by Gasteiger charge is -2.24. The van der Waals surface area contributed by atoms with Gasteiger partial charge in [-0.2, -0.15) is 0 Å². The predicted octanol–water partition coefficient (Wildman–Crippen LogP) is 6.68. The number of carbonyl (C=O) groups is 1. The van der Waals surface area contributed by atoms with Gasteiger partial charge in [0.1, 0.15) is 0 Å². The summed E-state index contributed by atoms with van der Waals surface area (Å²) in [5.41, 5.74) is 4.53. The number of hydrogen-bond acceptors (Lipinski definition) is 4. The van der Waals surface area contributed by atoms with E-state index in [1.54, 1.807) is 24.3 Å². The van der Waals surface area contributed by atoms with Gasteiger partial charge in [0, 0.05) is 16.9 Å². The van der Waals surface area contributed by atoms with Crippen LogP contribution in [0.15, 0.2) is 71.6 Å². The molecule has 0 unspecified atom stereocenters. The molecule has 0 aliphatic carbocycles. The number of anilines is 2. The molecule has 7 heteroatoms. The summed E-state index contributed by atoms with van der Waals surface area (Å²) in [5.74, 6) is -0.174. The van der Waals surface area contributed by atoms with Crippen LogP contribution in [0.4, 0.5) is 11.4 Å². The second-order valence-corrected chi connectivity index (χ2v) is 11.4. The summed E-state index contributed by atoms with van der Waals surface area (Å²) >= 11 is 1.39. The van der Waals surface area contributed by atoms with Crippen LogP contribution in [0.25, 0.3) is 10.1 Å². The normalized spacial score (nSPS) is 11.5. The zero-order valence-corrected chi connectivity index (χ0v) is 21.4. The van der Waals surface area contributed by atoms with Gasteiger partial charge >= 0.3 is 0 Å². The summed E-state index contributed by atoms with van der Waals surface area (Å²) in [4.78, 5) is 13.8. The molecule has 0 fully saturated rings. The SMILES string of the molecule is CCCN(c1ccc2sc(C(=O)Nc3ccc(C)cc3C)cc2c1)S(=O)(=O)c1ccc(C)cc1. The summed E-state index contributed by atoms with van der Waals surface area (Å²) in [6.07, 6.45) is 0.677. The lowest BCUT2D eigenvalue weighted by atomic mass is 10.1. The number of nitrogens with zero attached hydrogens (tertiary/aromatic N) is 1. The van der Waals surface area contributed by atoms with Gasteiger partial charge in [-0.15, -0.1) is 11.3 Å². The molecule has 0 atom stereocenters. The van der Waals surface area contributed by atoms with Gasteiger partial charge in [-0.1, -0.05) is 42.3 Å². The Hall–Kier alpha value is -3.16. The molecule has 0 saturated heterocycles. The maximum Gasteiger partial charge on any atom is 0.265 e. The van der Waals surface area contributed by atoms with Crippen LogP contribution in [-0.4, -0.2) is 20.9 Å². The maximum absolute atomic E-state index is 13.4. The first-order valence-electron chi connectivity index (χ1n) is 11.2. The summed E-state index contributed by atoms with van der Waals surface area (Å²) < 4.78 is 29.2. The van der Waals surface area contributed by atoms with E-state index in [9.17, 15) is 13.2 Å². The third-order valence-electron chi connectivity index (χ3n) is 5.68. The van der Waals surface area contributed by atoms with E-state index < -0.39 is 10.0 Å². The first-order valence-corrected chi connectivity index (χ1v) is 13.5. The Kier molecular flexibility index (Phi) is 6.77. The van der Waals surface area contributed by atoms with Gasteiger partial charge < -0.3 is 5.32 Å². The number of fused-ring (bicyclic) bond motifs is 1. The fraction of sp³-hybridized carbons (Fsp3) is 0.222. The number of benzene rings is 3. The van der Waals surface area contributed by atoms with Gasteiger partial charge in [-0.25, -0.2) is 8.42 Å². The molecule has 1 aromatic heterocycles. The lowest BCUT2D eigenvalue weighted by molar-refractivity contribution is 0.103. The lowest BCUT2D eigenvalue weighted by Crippen LogP contribution is -2.31. The molecule has 0 bridgehead atoms. The molecule has 1 amide bonds. The van der Waals surface area contributed by atoms with Crippen molar-refractivity contribution in [1.82, 2.24) is 0 Å². The van der Waals surface area contributed by atoms with Crippen LogP contribution in [0.5, 0.6) is 0 Å². The minimum Gasteiger partial charge on any atom is -0.321 e. The highest BCUT2D eigenvalue weighted by molar-refractivity contribution is 7.92. The van der Waals surface area contributed by atoms with Crippen LogP contribution in [-0.2, 0) is 10.0 Å². The van der Waals surface area contributed by atoms with Gasteiger partial charge in [0.25, 0.3) is 15.9 Å². The van der Waals surface area contributed by atoms with E-state index in [2.05, 4.69) is 5.32 Å². The topological polar surface area (TPSA) is 66.5 Å². The highest BCUT2D eigenvalue weighted by Crippen LogP contribution is 2.32. The Morgan fingerprint density at radius 1 is 0.912 bits per heavy atom. The number of nitrogens with one attached hydrogen (secondary N) is 1. The molecule has 1 heterocycles. The fourth-order valence-electron chi connectivity index (χ4n) is 3.86. The molecule has 0 radical (unpaired) electrons. The first kappa shape index (κ1) is 24.0. The number of thiophene rings is 1. The second-order valence-electron chi connectivity index (χ2n) is 8.50. The molecule has 0 aliphatic heterocycles. The van der Waals surface area contributed by atoms with Crippen molar-refractivity contribution in [2.75, 3.05) is 16.2 Å². The molecule has 1 N–H and O–H groups in total. The summed E-state index contributed by atoms with van der Waals surface area (Å²) in [6, 6.07) is 20.2. The molecule has 0 aliphatic rings. The highest BCUT2D eigenvalue weighted by atomic mass is 32.2. The third-order valence-corrected chi connectivity index (χ3v) is 8.63. The van der Waals surface area contributed by atoms with E-state index in [-0.39, 0.29) is 10.8 Å². The van der Waals surface area contributed by atoms with Crippen molar-refractivity contribution in [3.8, 4) is 0 Å². The summed E-state index contributed by atoms with van der Waals surface area (Å²) in [5, 5.41) is 3.83. The largest absolute Gasteiger partial charge is 0.321 e. The Bertz CT molecular complexity index is 1460. The molecule has 176 valence electrons. The quantitative estimate of drug-likeness (QED) is 0.313. The van der Waals surface area contributed by atoms with E-state index >= 15 is 0 Å². The number of carbonyl (C=O) groups excluding carboxylic acids is 1. The van der Waals surface area contributed by atoms with E-state index in [1.807, 2.05) is 70.2 Å². The van der Waals surface area contributed by atoms with Crippen molar-refractivity contribution >= 4 is 48.7 Å². The number of amides is 1. The Morgan fingerprint density at radius 2 is 1.62 bits per heavy atom. The molecule has 4 aromatic rings. The minimum absolute atomic E-state index is 0.174. The van der Waals surface area contributed by atoms with Crippen molar-refractivity contribution in [2.24, 2.45) is 0 Å². The Balaban J connectivity index is 1.65. The first-order chi connectivity index (χ1) is 16.2. The minimum atomic E-state index is -3.70. The van der Waals surface area contributed by atoms with Crippen LogP contribution in [0.1, 0.15) is 39.7 Å². The molecule has 0 spiro atoms. The molecular formula is C27H28N2O3S2. The third kappa shape index (κ3) is 4.86. The molecular weight excluding hydrogens is 464 g/mol. The van der Waals surface area contributed by atoms with Gasteiger partial charge in [-0.05, 0) is 80.6 Å². The summed E-state index contributed by atoms with van der Waals surface area (Å²) in [6.45, 7) is 8.24. The molecule has 5 nitrogen and oxygen atoms in total. The van der Waals surface area contributed by atoms with Crippen molar-refractivity contribution in [1.29, 1.82) is 0 Å². The van der Waals surface area contributed by atoms with Gasteiger partial charge in [0.2, 0.25) is 0 Å². The monoisotopic (exact) mass is 492 g/mol. The van der Waals surface area contributed by atoms with Crippen LogP contribution in [0.3, 0.4) is 0 Å².